The maximum absolute atomic E-state index is 11.8. The van der Waals surface area contributed by atoms with Crippen LogP contribution in [0, 0.1) is 5.92 Å². The zero-order valence-electron chi connectivity index (χ0n) is 16.4. The molecule has 0 radical (unpaired) electrons. The normalized spacial score (nSPS) is 14.7. The second-order valence-electron chi connectivity index (χ2n) is 7.45. The molecular weight excluding hydrogens is 352 g/mol. The number of nitrogens with zero attached hydrogens (tertiary/aromatic N) is 1. The van der Waals surface area contributed by atoms with Crippen LogP contribution in [0.25, 0.3) is 0 Å². The van der Waals surface area contributed by atoms with E-state index in [-0.39, 0.29) is 11.5 Å². The Balaban J connectivity index is 1.65. The molecule has 0 spiro atoms. The van der Waals surface area contributed by atoms with Crippen LogP contribution in [-0.4, -0.2) is 30.1 Å². The Hall–Kier alpha value is -2.82. The number of carboxylic acid groups (broad SMARTS) is 1. The zero-order chi connectivity index (χ0) is 19.9. The van der Waals surface area contributed by atoms with Crippen molar-refractivity contribution in [3.63, 3.8) is 0 Å². The first-order valence-corrected chi connectivity index (χ1v) is 10.0. The Morgan fingerprint density at radius 2 is 1.82 bits per heavy atom. The third-order valence-corrected chi connectivity index (χ3v) is 5.33. The van der Waals surface area contributed by atoms with Gasteiger partial charge in [0, 0.05) is 25.2 Å². The number of aromatic carboxylic acids is 1. The Kier molecular flexibility index (Phi) is 6.69. The average molecular weight is 380 g/mol. The van der Waals surface area contributed by atoms with Crippen LogP contribution < -0.4 is 10.2 Å². The fourth-order valence-electron chi connectivity index (χ4n) is 3.80. The largest absolute Gasteiger partial charge is 0.478 e. The highest BCUT2D eigenvalue weighted by Crippen LogP contribution is 2.29. The molecule has 1 saturated heterocycles. The SMILES string of the molecule is CCCC(=O)Nc1ccc(N2CCC(Cc3ccccc3)CC2)cc1C(=O)O. The van der Waals surface area contributed by atoms with Crippen LogP contribution in [0.5, 0.6) is 0 Å². The second kappa shape index (κ2) is 9.40. The molecule has 1 aliphatic heterocycles. The molecule has 0 aromatic heterocycles. The maximum atomic E-state index is 11.8. The van der Waals surface area contributed by atoms with E-state index >= 15 is 0 Å². The van der Waals surface area contributed by atoms with Crippen molar-refractivity contribution in [2.75, 3.05) is 23.3 Å². The van der Waals surface area contributed by atoms with E-state index in [0.717, 1.165) is 44.5 Å². The minimum absolute atomic E-state index is 0.147. The third-order valence-electron chi connectivity index (χ3n) is 5.33. The third kappa shape index (κ3) is 5.12. The van der Waals surface area contributed by atoms with E-state index < -0.39 is 5.97 Å². The van der Waals surface area contributed by atoms with Crippen LogP contribution in [0.2, 0.25) is 0 Å². The van der Waals surface area contributed by atoms with Crippen molar-refractivity contribution in [2.24, 2.45) is 5.92 Å². The summed E-state index contributed by atoms with van der Waals surface area (Å²) < 4.78 is 0. The Labute approximate surface area is 166 Å². The van der Waals surface area contributed by atoms with Gasteiger partial charge in [-0.05, 0) is 55.4 Å². The van der Waals surface area contributed by atoms with Crippen LogP contribution in [0.4, 0.5) is 11.4 Å². The van der Waals surface area contributed by atoms with Gasteiger partial charge in [0.15, 0.2) is 0 Å². The van der Waals surface area contributed by atoms with E-state index in [9.17, 15) is 14.7 Å². The molecule has 2 aromatic rings. The Bertz CT molecular complexity index is 812. The molecule has 1 aliphatic rings. The number of piperidine rings is 1. The van der Waals surface area contributed by atoms with E-state index in [0.29, 0.717) is 18.0 Å². The van der Waals surface area contributed by atoms with Crippen molar-refractivity contribution in [3.05, 3.63) is 59.7 Å². The minimum atomic E-state index is -1.02. The van der Waals surface area contributed by atoms with Gasteiger partial charge in [-0.3, -0.25) is 4.79 Å². The van der Waals surface area contributed by atoms with Gasteiger partial charge in [0.25, 0.3) is 0 Å². The van der Waals surface area contributed by atoms with Crippen LogP contribution >= 0.6 is 0 Å². The molecular formula is C23H28N2O3. The highest BCUT2D eigenvalue weighted by molar-refractivity contribution is 6.01. The number of nitrogens with one attached hydrogen (secondary N) is 1. The molecule has 0 atom stereocenters. The lowest BCUT2D eigenvalue weighted by Crippen LogP contribution is -2.34. The number of benzene rings is 2. The maximum Gasteiger partial charge on any atom is 0.337 e. The first kappa shape index (κ1) is 19.9. The lowest BCUT2D eigenvalue weighted by molar-refractivity contribution is -0.116. The van der Waals surface area contributed by atoms with Crippen LogP contribution in [0.3, 0.4) is 0 Å². The van der Waals surface area contributed by atoms with Crippen LogP contribution in [0.15, 0.2) is 48.5 Å². The first-order chi connectivity index (χ1) is 13.6. The molecule has 0 saturated carbocycles. The van der Waals surface area contributed by atoms with Crippen LogP contribution in [-0.2, 0) is 11.2 Å². The summed E-state index contributed by atoms with van der Waals surface area (Å²) in [6.07, 6.45) is 4.38. The highest BCUT2D eigenvalue weighted by Gasteiger charge is 2.21. The lowest BCUT2D eigenvalue weighted by atomic mass is 9.90. The molecule has 0 aliphatic carbocycles. The molecule has 2 N–H and O–H groups in total. The number of carbonyl (C=O) groups is 2. The van der Waals surface area contributed by atoms with Crippen molar-refractivity contribution < 1.29 is 14.7 Å². The summed E-state index contributed by atoms with van der Waals surface area (Å²) in [6.45, 7) is 3.75. The fraction of sp³-hybridized carbons (Fsp3) is 0.391. The highest BCUT2D eigenvalue weighted by atomic mass is 16.4. The molecule has 148 valence electrons. The van der Waals surface area contributed by atoms with Crippen molar-refractivity contribution >= 4 is 23.3 Å². The summed E-state index contributed by atoms with van der Waals surface area (Å²) in [5.41, 5.74) is 2.80. The van der Waals surface area contributed by atoms with E-state index in [1.165, 1.54) is 5.56 Å². The van der Waals surface area contributed by atoms with Gasteiger partial charge in [-0.1, -0.05) is 37.3 Å². The predicted octanol–water partition coefficient (Wildman–Crippen LogP) is 4.58. The number of carbonyl (C=O) groups excluding carboxylic acids is 1. The van der Waals surface area contributed by atoms with Gasteiger partial charge in [0.05, 0.1) is 11.3 Å². The van der Waals surface area contributed by atoms with Crippen molar-refractivity contribution in [3.8, 4) is 0 Å². The zero-order valence-corrected chi connectivity index (χ0v) is 16.4. The number of carboxylic acids is 1. The number of amides is 1. The summed E-state index contributed by atoms with van der Waals surface area (Å²) in [7, 11) is 0. The molecule has 1 fully saturated rings. The minimum Gasteiger partial charge on any atom is -0.478 e. The van der Waals surface area contributed by atoms with Gasteiger partial charge in [-0.15, -0.1) is 0 Å². The molecule has 1 amide bonds. The molecule has 0 bridgehead atoms. The van der Waals surface area contributed by atoms with E-state index in [4.69, 9.17) is 0 Å². The second-order valence-corrected chi connectivity index (χ2v) is 7.45. The summed E-state index contributed by atoms with van der Waals surface area (Å²) >= 11 is 0. The monoisotopic (exact) mass is 380 g/mol. The number of rotatable bonds is 7. The predicted molar refractivity (Wildman–Crippen MR) is 112 cm³/mol. The van der Waals surface area contributed by atoms with Gasteiger partial charge in [0.2, 0.25) is 5.91 Å². The van der Waals surface area contributed by atoms with Crippen molar-refractivity contribution in [1.29, 1.82) is 0 Å². The number of anilines is 2. The van der Waals surface area contributed by atoms with E-state index in [1.54, 1.807) is 12.1 Å². The lowest BCUT2D eigenvalue weighted by Gasteiger charge is -2.34. The molecule has 1 heterocycles. The topological polar surface area (TPSA) is 69.6 Å². The first-order valence-electron chi connectivity index (χ1n) is 10.0. The Morgan fingerprint density at radius 3 is 2.46 bits per heavy atom. The molecule has 0 unspecified atom stereocenters. The number of hydrogen-bond donors (Lipinski definition) is 2. The van der Waals surface area contributed by atoms with Gasteiger partial charge in [0.1, 0.15) is 0 Å². The quantitative estimate of drug-likeness (QED) is 0.737. The van der Waals surface area contributed by atoms with Gasteiger partial charge < -0.3 is 15.3 Å². The molecule has 5 nitrogen and oxygen atoms in total. The Morgan fingerprint density at radius 1 is 1.11 bits per heavy atom. The van der Waals surface area contributed by atoms with Gasteiger partial charge in [-0.2, -0.15) is 0 Å². The van der Waals surface area contributed by atoms with E-state index in [2.05, 4.69) is 34.5 Å². The summed E-state index contributed by atoms with van der Waals surface area (Å²) in [5.74, 6) is -0.516. The smallest absolute Gasteiger partial charge is 0.337 e. The molecule has 3 rings (SSSR count). The molecule has 2 aromatic carbocycles. The molecule has 5 heteroatoms. The van der Waals surface area contributed by atoms with Gasteiger partial charge in [-0.25, -0.2) is 4.79 Å². The fourth-order valence-corrected chi connectivity index (χ4v) is 3.80. The molecule has 28 heavy (non-hydrogen) atoms. The van der Waals surface area contributed by atoms with Gasteiger partial charge >= 0.3 is 5.97 Å². The van der Waals surface area contributed by atoms with E-state index in [1.807, 2.05) is 19.1 Å². The van der Waals surface area contributed by atoms with Crippen LogP contribution in [0.1, 0.15) is 48.5 Å². The summed E-state index contributed by atoms with van der Waals surface area (Å²) in [4.78, 5) is 25.8. The van der Waals surface area contributed by atoms with Crippen molar-refractivity contribution in [1.82, 2.24) is 0 Å². The van der Waals surface area contributed by atoms with Crippen molar-refractivity contribution in [2.45, 2.75) is 39.0 Å². The standard InChI is InChI=1S/C23H28N2O3/c1-2-6-22(26)24-21-10-9-19(16-20(21)23(27)28)25-13-11-18(12-14-25)15-17-7-4-3-5-8-17/h3-5,7-10,16,18H,2,6,11-15H2,1H3,(H,24,26)(H,27,28). The summed E-state index contributed by atoms with van der Waals surface area (Å²) in [5, 5.41) is 12.3. The summed E-state index contributed by atoms with van der Waals surface area (Å²) in [6, 6.07) is 15.9. The number of hydrogen-bond acceptors (Lipinski definition) is 3. The average Bonchev–Trinajstić information content (AvgIpc) is 2.70.